The molecule has 0 bridgehead atoms. The van der Waals surface area contributed by atoms with Gasteiger partial charge >= 0.3 is 29.2 Å². The van der Waals surface area contributed by atoms with E-state index in [1.54, 1.807) is 0 Å². The topological polar surface area (TPSA) is 264 Å². The van der Waals surface area contributed by atoms with E-state index < -0.39 is 65.9 Å². The summed E-state index contributed by atoms with van der Waals surface area (Å²) in [6, 6.07) is 0. The first-order valence-corrected chi connectivity index (χ1v) is 12.6. The molecule has 7 N–H and O–H groups in total. The number of H-pyrrole nitrogens is 1. The highest BCUT2D eigenvalue weighted by molar-refractivity contribution is 9.10. The van der Waals surface area contributed by atoms with Crippen LogP contribution in [0.25, 0.3) is 0 Å². The molecule has 0 saturated carbocycles. The van der Waals surface area contributed by atoms with Gasteiger partial charge in [-0.15, -0.1) is 0 Å². The fraction of sp³-hybridized carbons (Fsp3) is 0.556. The molecule has 17 nitrogen and oxygen atoms in total. The van der Waals surface area contributed by atoms with E-state index in [2.05, 4.69) is 29.1 Å². The SMILES string of the molecule is O=c1[nH]c(=O)n([C@@H]2O[C@H](COP(=O)(O)OP(=O)(O)OP(=O)(O)O)C(O)C2O)cc1Br. The van der Waals surface area contributed by atoms with Crippen LogP contribution in [0.5, 0.6) is 0 Å². The molecule has 0 aliphatic carbocycles. The van der Waals surface area contributed by atoms with Gasteiger partial charge in [-0.1, -0.05) is 0 Å². The fourth-order valence-electron chi connectivity index (χ4n) is 2.22. The van der Waals surface area contributed by atoms with E-state index in [9.17, 15) is 38.4 Å². The van der Waals surface area contributed by atoms with Gasteiger partial charge in [-0.3, -0.25) is 18.9 Å². The molecule has 1 saturated heterocycles. The van der Waals surface area contributed by atoms with Crippen molar-refractivity contribution in [2.45, 2.75) is 24.5 Å². The first-order chi connectivity index (χ1) is 13.5. The Morgan fingerprint density at radius 3 is 2.23 bits per heavy atom. The van der Waals surface area contributed by atoms with Gasteiger partial charge in [-0.05, 0) is 15.9 Å². The van der Waals surface area contributed by atoms with Crippen LogP contribution in [0.3, 0.4) is 0 Å². The highest BCUT2D eigenvalue weighted by Crippen LogP contribution is 2.66. The van der Waals surface area contributed by atoms with Crippen molar-refractivity contribution in [2.24, 2.45) is 0 Å². The maximum absolute atomic E-state index is 11.9. The standard InChI is InChI=1S/C9H14BrN2O15P3/c10-3-1-12(9(16)11-7(3)15)8-6(14)5(13)4(25-8)2-24-29(20,21)27-30(22,23)26-28(17,18)19/h1,4-6,8,13-14H,2H2,(H,20,21)(H,22,23)(H,11,15,16)(H2,17,18,19)/t4-,5?,6?,8-/m1/s1. The summed E-state index contributed by atoms with van der Waals surface area (Å²) in [6.07, 6.45) is -5.80. The molecule has 2 heterocycles. The molecule has 1 aliphatic rings. The van der Waals surface area contributed by atoms with Crippen molar-refractivity contribution in [1.29, 1.82) is 0 Å². The fourth-order valence-corrected chi connectivity index (χ4v) is 5.57. The average Bonchev–Trinajstić information content (AvgIpc) is 2.81. The van der Waals surface area contributed by atoms with Gasteiger partial charge in [0.15, 0.2) is 6.23 Å². The van der Waals surface area contributed by atoms with Crippen LogP contribution < -0.4 is 11.2 Å². The third-order valence-corrected chi connectivity index (χ3v) is 7.72. The zero-order chi connectivity index (χ0) is 23.1. The van der Waals surface area contributed by atoms with E-state index in [4.69, 9.17) is 19.4 Å². The van der Waals surface area contributed by atoms with Crippen LogP contribution in [0, 0.1) is 0 Å². The van der Waals surface area contributed by atoms with Crippen LogP contribution in [0.1, 0.15) is 6.23 Å². The molecular formula is C9H14BrN2O15P3. The maximum atomic E-state index is 11.9. The van der Waals surface area contributed by atoms with Crippen molar-refractivity contribution in [3.05, 3.63) is 31.5 Å². The summed E-state index contributed by atoms with van der Waals surface area (Å²) in [6.45, 7) is -1.06. The summed E-state index contributed by atoms with van der Waals surface area (Å²) < 4.78 is 50.6. The van der Waals surface area contributed by atoms with Crippen LogP contribution in [0.15, 0.2) is 20.3 Å². The number of aromatic amines is 1. The second-order valence-corrected chi connectivity index (χ2v) is 10.9. The molecule has 4 unspecified atom stereocenters. The van der Waals surface area contributed by atoms with Crippen molar-refractivity contribution < 1.29 is 61.4 Å². The molecule has 172 valence electrons. The number of phosphoric acid groups is 3. The number of nitrogens with zero attached hydrogens (tertiary/aromatic N) is 1. The number of halogens is 1. The van der Waals surface area contributed by atoms with Gasteiger partial charge in [0.1, 0.15) is 18.3 Å². The molecule has 30 heavy (non-hydrogen) atoms. The Morgan fingerprint density at radius 2 is 1.67 bits per heavy atom. The minimum Gasteiger partial charge on any atom is -0.387 e. The number of aliphatic hydroxyl groups is 2. The molecule has 21 heteroatoms. The largest absolute Gasteiger partial charge is 0.490 e. The normalized spacial score (nSPS) is 28.8. The van der Waals surface area contributed by atoms with Gasteiger partial charge in [-0.2, -0.15) is 8.62 Å². The quantitative estimate of drug-likeness (QED) is 0.173. The molecule has 6 atom stereocenters. The number of nitrogens with one attached hydrogen (secondary N) is 1. The van der Waals surface area contributed by atoms with Crippen LogP contribution >= 0.6 is 39.4 Å². The van der Waals surface area contributed by atoms with E-state index in [1.807, 2.05) is 4.98 Å². The van der Waals surface area contributed by atoms with E-state index >= 15 is 0 Å². The van der Waals surface area contributed by atoms with E-state index in [-0.39, 0.29) is 4.47 Å². The summed E-state index contributed by atoms with van der Waals surface area (Å²) in [4.78, 5) is 60.5. The van der Waals surface area contributed by atoms with Crippen molar-refractivity contribution in [2.75, 3.05) is 6.61 Å². The minimum absolute atomic E-state index is 0.121. The third kappa shape index (κ3) is 6.72. The molecule has 0 aromatic carbocycles. The van der Waals surface area contributed by atoms with Crippen molar-refractivity contribution in [3.8, 4) is 0 Å². The first kappa shape index (κ1) is 25.7. The molecule has 0 spiro atoms. The molecule has 0 amide bonds. The zero-order valence-corrected chi connectivity index (χ0v) is 18.4. The number of hydrogen-bond donors (Lipinski definition) is 7. The number of hydrogen-bond acceptors (Lipinski definition) is 11. The van der Waals surface area contributed by atoms with Crippen molar-refractivity contribution in [1.82, 2.24) is 9.55 Å². The molecule has 2 rings (SSSR count). The maximum Gasteiger partial charge on any atom is 0.490 e. The van der Waals surface area contributed by atoms with Crippen molar-refractivity contribution >= 4 is 39.4 Å². The van der Waals surface area contributed by atoms with Gasteiger partial charge in [0.25, 0.3) is 5.56 Å². The smallest absolute Gasteiger partial charge is 0.387 e. The summed E-state index contributed by atoms with van der Waals surface area (Å²) in [7, 11) is -16.8. The molecule has 1 aromatic heterocycles. The second-order valence-electron chi connectivity index (χ2n) is 5.58. The van der Waals surface area contributed by atoms with Gasteiger partial charge in [0, 0.05) is 6.20 Å². The molecule has 0 radical (unpaired) electrons. The first-order valence-electron chi connectivity index (χ1n) is 7.32. The Hall–Kier alpha value is -0.550. The highest BCUT2D eigenvalue weighted by atomic mass is 79.9. The molecule has 1 aromatic rings. The lowest BCUT2D eigenvalue weighted by molar-refractivity contribution is -0.0543. The average molecular weight is 563 g/mol. The van der Waals surface area contributed by atoms with E-state index in [1.165, 1.54) is 0 Å². The lowest BCUT2D eigenvalue weighted by Gasteiger charge is -2.19. The summed E-state index contributed by atoms with van der Waals surface area (Å²) in [5.41, 5.74) is -1.80. The predicted molar refractivity (Wildman–Crippen MR) is 94.8 cm³/mol. The number of phosphoric ester groups is 1. The summed E-state index contributed by atoms with van der Waals surface area (Å²) in [5.74, 6) is 0. The van der Waals surface area contributed by atoms with E-state index in [0.29, 0.717) is 4.57 Å². The predicted octanol–water partition coefficient (Wildman–Crippen LogP) is -1.74. The zero-order valence-electron chi connectivity index (χ0n) is 14.1. The van der Waals surface area contributed by atoms with Crippen LogP contribution in [-0.4, -0.2) is 64.3 Å². The Kier molecular flexibility index (Phi) is 7.83. The Bertz CT molecular complexity index is 1050. The van der Waals surface area contributed by atoms with Gasteiger partial charge in [0.2, 0.25) is 0 Å². The lowest BCUT2D eigenvalue weighted by Crippen LogP contribution is -2.38. The van der Waals surface area contributed by atoms with Gasteiger partial charge < -0.3 is 34.5 Å². The number of rotatable bonds is 8. The van der Waals surface area contributed by atoms with Gasteiger partial charge in [0.05, 0.1) is 11.1 Å². The lowest BCUT2D eigenvalue weighted by atomic mass is 10.1. The van der Waals surface area contributed by atoms with Crippen LogP contribution in [-0.2, 0) is 31.6 Å². The minimum atomic E-state index is -5.74. The summed E-state index contributed by atoms with van der Waals surface area (Å²) in [5, 5.41) is 20.0. The Morgan fingerprint density at radius 1 is 1.07 bits per heavy atom. The van der Waals surface area contributed by atoms with Gasteiger partial charge in [-0.25, -0.2) is 18.5 Å². The Labute approximate surface area is 173 Å². The monoisotopic (exact) mass is 562 g/mol. The molecule has 1 aliphatic heterocycles. The number of ether oxygens (including phenoxy) is 1. The van der Waals surface area contributed by atoms with Crippen LogP contribution in [0.2, 0.25) is 0 Å². The molecular weight excluding hydrogens is 549 g/mol. The Balaban J connectivity index is 2.09. The summed E-state index contributed by atoms with van der Waals surface area (Å²) >= 11 is 2.85. The van der Waals surface area contributed by atoms with Crippen molar-refractivity contribution in [3.63, 3.8) is 0 Å². The third-order valence-electron chi connectivity index (χ3n) is 3.35. The van der Waals surface area contributed by atoms with Crippen LogP contribution in [0.4, 0.5) is 0 Å². The molecule has 1 fully saturated rings. The van der Waals surface area contributed by atoms with E-state index in [0.717, 1.165) is 6.20 Å². The highest BCUT2D eigenvalue weighted by Gasteiger charge is 2.46. The number of aromatic nitrogens is 2. The second kappa shape index (κ2) is 9.13. The number of aliphatic hydroxyl groups excluding tert-OH is 2.